The Labute approximate surface area is 130 Å². The average Bonchev–Trinajstić information content (AvgIpc) is 2.45. The Kier molecular flexibility index (Phi) is 4.98. The molecular weight excluding hydrogens is 344 g/mol. The molecule has 1 amide bonds. The summed E-state index contributed by atoms with van der Waals surface area (Å²) in [7, 11) is 1.55. The number of amides is 1. The number of methoxy groups -OCH3 is 1. The number of nitrogens with one attached hydrogen (secondary N) is 1. The van der Waals surface area contributed by atoms with Gasteiger partial charge in [0, 0.05) is 27.8 Å². The highest BCUT2D eigenvalue weighted by atomic mass is 79.9. The molecule has 4 nitrogen and oxygen atoms in total. The van der Waals surface area contributed by atoms with E-state index in [0.717, 1.165) is 5.56 Å². The second kappa shape index (κ2) is 6.72. The lowest BCUT2D eigenvalue weighted by Crippen LogP contribution is -2.23. The minimum Gasteiger partial charge on any atom is -0.481 e. The van der Waals surface area contributed by atoms with Crippen molar-refractivity contribution in [1.82, 2.24) is 10.3 Å². The van der Waals surface area contributed by atoms with Gasteiger partial charge in [-0.3, -0.25) is 4.79 Å². The number of hydrogen-bond donors (Lipinski definition) is 1. The maximum Gasteiger partial charge on any atom is 0.252 e. The lowest BCUT2D eigenvalue weighted by atomic mass is 10.2. The van der Waals surface area contributed by atoms with Gasteiger partial charge in [0.05, 0.1) is 12.7 Å². The van der Waals surface area contributed by atoms with E-state index in [1.54, 1.807) is 37.6 Å². The van der Waals surface area contributed by atoms with Gasteiger partial charge in [0.15, 0.2) is 0 Å². The SMILES string of the molecule is COc1ncccc1CNC(=O)c1ccc(Cl)cc1Br. The van der Waals surface area contributed by atoms with Crippen molar-refractivity contribution in [2.45, 2.75) is 6.54 Å². The highest BCUT2D eigenvalue weighted by Gasteiger charge is 2.11. The first-order valence-corrected chi connectivity index (χ1v) is 7.00. The predicted molar refractivity (Wildman–Crippen MR) is 81.1 cm³/mol. The Morgan fingerprint density at radius 2 is 2.25 bits per heavy atom. The van der Waals surface area contributed by atoms with Crippen LogP contribution in [0.15, 0.2) is 41.0 Å². The molecular formula is C14H12BrClN2O2. The van der Waals surface area contributed by atoms with Crippen LogP contribution in [0.3, 0.4) is 0 Å². The number of aromatic nitrogens is 1. The summed E-state index contributed by atoms with van der Waals surface area (Å²) in [5.74, 6) is 0.308. The van der Waals surface area contributed by atoms with Crippen LogP contribution in [0.2, 0.25) is 5.02 Å². The highest BCUT2D eigenvalue weighted by molar-refractivity contribution is 9.10. The molecule has 6 heteroatoms. The second-order valence-electron chi connectivity index (χ2n) is 3.98. The quantitative estimate of drug-likeness (QED) is 0.914. The van der Waals surface area contributed by atoms with Crippen molar-refractivity contribution in [1.29, 1.82) is 0 Å². The van der Waals surface area contributed by atoms with Crippen molar-refractivity contribution < 1.29 is 9.53 Å². The smallest absolute Gasteiger partial charge is 0.252 e. The molecule has 0 radical (unpaired) electrons. The van der Waals surface area contributed by atoms with E-state index in [-0.39, 0.29) is 5.91 Å². The number of nitrogens with zero attached hydrogens (tertiary/aromatic N) is 1. The standard InChI is InChI=1S/C14H12BrClN2O2/c1-20-14-9(3-2-6-17-14)8-18-13(19)11-5-4-10(16)7-12(11)15/h2-7H,8H2,1H3,(H,18,19). The molecule has 20 heavy (non-hydrogen) atoms. The van der Waals surface area contributed by atoms with Crippen LogP contribution in [0.25, 0.3) is 0 Å². The number of halogens is 2. The molecule has 0 aliphatic carbocycles. The summed E-state index contributed by atoms with van der Waals surface area (Å²) in [5, 5.41) is 3.39. The molecule has 0 fully saturated rings. The monoisotopic (exact) mass is 354 g/mol. The van der Waals surface area contributed by atoms with Crippen LogP contribution in [-0.4, -0.2) is 18.0 Å². The minimum absolute atomic E-state index is 0.195. The van der Waals surface area contributed by atoms with E-state index >= 15 is 0 Å². The first-order chi connectivity index (χ1) is 9.61. The molecule has 1 heterocycles. The third-order valence-corrected chi connectivity index (χ3v) is 3.55. The van der Waals surface area contributed by atoms with Gasteiger partial charge in [0.1, 0.15) is 0 Å². The number of ether oxygens (including phenoxy) is 1. The maximum absolute atomic E-state index is 12.1. The van der Waals surface area contributed by atoms with Gasteiger partial charge in [-0.1, -0.05) is 17.7 Å². The molecule has 1 N–H and O–H groups in total. The molecule has 0 saturated heterocycles. The van der Waals surface area contributed by atoms with Crippen LogP contribution in [0, 0.1) is 0 Å². The zero-order valence-electron chi connectivity index (χ0n) is 10.7. The lowest BCUT2D eigenvalue weighted by molar-refractivity contribution is 0.0950. The second-order valence-corrected chi connectivity index (χ2v) is 5.27. The summed E-state index contributed by atoms with van der Waals surface area (Å²) in [5.41, 5.74) is 1.34. The van der Waals surface area contributed by atoms with E-state index in [0.29, 0.717) is 27.5 Å². The van der Waals surface area contributed by atoms with E-state index in [1.165, 1.54) is 0 Å². The molecule has 0 aliphatic heterocycles. The number of pyridine rings is 1. The number of benzene rings is 1. The number of carbonyl (C=O) groups is 1. The fourth-order valence-corrected chi connectivity index (χ4v) is 2.55. The fraction of sp³-hybridized carbons (Fsp3) is 0.143. The topological polar surface area (TPSA) is 51.2 Å². The predicted octanol–water partition coefficient (Wildman–Crippen LogP) is 3.44. The zero-order valence-corrected chi connectivity index (χ0v) is 13.0. The van der Waals surface area contributed by atoms with Crippen molar-refractivity contribution in [3.05, 3.63) is 57.2 Å². The van der Waals surface area contributed by atoms with E-state index < -0.39 is 0 Å². The third-order valence-electron chi connectivity index (χ3n) is 2.66. The first-order valence-electron chi connectivity index (χ1n) is 5.83. The van der Waals surface area contributed by atoms with Crippen LogP contribution in [0.5, 0.6) is 5.88 Å². The van der Waals surface area contributed by atoms with Crippen LogP contribution in [-0.2, 0) is 6.54 Å². The van der Waals surface area contributed by atoms with Crippen molar-refractivity contribution in [2.24, 2.45) is 0 Å². The Morgan fingerprint density at radius 1 is 1.45 bits per heavy atom. The summed E-state index contributed by atoms with van der Waals surface area (Å²) in [6.07, 6.45) is 1.64. The Hall–Kier alpha value is -1.59. The third kappa shape index (κ3) is 3.49. The van der Waals surface area contributed by atoms with E-state index in [1.807, 2.05) is 6.07 Å². The van der Waals surface area contributed by atoms with Crippen LogP contribution in [0.4, 0.5) is 0 Å². The van der Waals surface area contributed by atoms with Gasteiger partial charge in [0.25, 0.3) is 5.91 Å². The summed E-state index contributed by atoms with van der Waals surface area (Å²) in [6, 6.07) is 8.67. The van der Waals surface area contributed by atoms with E-state index in [4.69, 9.17) is 16.3 Å². The molecule has 0 spiro atoms. The number of carbonyl (C=O) groups excluding carboxylic acids is 1. The Balaban J connectivity index is 2.09. The van der Waals surface area contributed by atoms with Crippen LogP contribution >= 0.6 is 27.5 Å². The molecule has 2 aromatic rings. The van der Waals surface area contributed by atoms with E-state index in [9.17, 15) is 4.79 Å². The van der Waals surface area contributed by atoms with Crippen molar-refractivity contribution in [3.8, 4) is 5.88 Å². The van der Waals surface area contributed by atoms with Crippen LogP contribution < -0.4 is 10.1 Å². The van der Waals surface area contributed by atoms with Gasteiger partial charge in [-0.05, 0) is 40.2 Å². The first kappa shape index (κ1) is 14.8. The minimum atomic E-state index is -0.195. The molecule has 0 aliphatic rings. The molecule has 0 saturated carbocycles. The van der Waals surface area contributed by atoms with Crippen molar-refractivity contribution in [2.75, 3.05) is 7.11 Å². The van der Waals surface area contributed by atoms with Gasteiger partial charge < -0.3 is 10.1 Å². The van der Waals surface area contributed by atoms with Gasteiger partial charge in [-0.25, -0.2) is 4.98 Å². The maximum atomic E-state index is 12.1. The fourth-order valence-electron chi connectivity index (χ4n) is 1.69. The molecule has 0 atom stereocenters. The van der Waals surface area contributed by atoms with E-state index in [2.05, 4.69) is 26.2 Å². The lowest BCUT2D eigenvalue weighted by Gasteiger charge is -2.09. The van der Waals surface area contributed by atoms with Crippen molar-refractivity contribution >= 4 is 33.4 Å². The summed E-state index contributed by atoms with van der Waals surface area (Å²) >= 11 is 9.17. The average molecular weight is 356 g/mol. The summed E-state index contributed by atoms with van der Waals surface area (Å²) in [6.45, 7) is 0.338. The summed E-state index contributed by atoms with van der Waals surface area (Å²) < 4.78 is 5.79. The van der Waals surface area contributed by atoms with Gasteiger partial charge in [-0.15, -0.1) is 0 Å². The largest absolute Gasteiger partial charge is 0.481 e. The summed E-state index contributed by atoms with van der Waals surface area (Å²) in [4.78, 5) is 16.2. The molecule has 1 aromatic carbocycles. The Bertz CT molecular complexity index is 634. The zero-order chi connectivity index (χ0) is 14.5. The Morgan fingerprint density at radius 3 is 2.95 bits per heavy atom. The molecule has 0 bridgehead atoms. The molecule has 1 aromatic heterocycles. The normalized spacial score (nSPS) is 10.2. The van der Waals surface area contributed by atoms with Gasteiger partial charge >= 0.3 is 0 Å². The van der Waals surface area contributed by atoms with Gasteiger partial charge in [-0.2, -0.15) is 0 Å². The number of hydrogen-bond acceptors (Lipinski definition) is 3. The molecule has 2 rings (SSSR count). The number of rotatable bonds is 4. The van der Waals surface area contributed by atoms with Gasteiger partial charge in [0.2, 0.25) is 5.88 Å². The highest BCUT2D eigenvalue weighted by Crippen LogP contribution is 2.21. The van der Waals surface area contributed by atoms with Crippen molar-refractivity contribution in [3.63, 3.8) is 0 Å². The molecule has 0 unspecified atom stereocenters. The van der Waals surface area contributed by atoms with Crippen LogP contribution in [0.1, 0.15) is 15.9 Å². The molecule has 104 valence electrons.